The van der Waals surface area contributed by atoms with Crippen LogP contribution in [0.2, 0.25) is 0 Å². The number of nitrogens with zero attached hydrogens (tertiary/aromatic N) is 1. The molecular formula is C18H17BrN2O5. The van der Waals surface area contributed by atoms with Gasteiger partial charge in [-0.1, -0.05) is 0 Å². The first-order valence-electron chi connectivity index (χ1n) is 7.48. The number of halogens is 1. The Morgan fingerprint density at radius 3 is 2.35 bits per heavy atom. The number of ether oxygens (including phenoxy) is 3. The van der Waals surface area contributed by atoms with Crippen LogP contribution in [0.15, 0.2) is 46.0 Å². The van der Waals surface area contributed by atoms with Crippen LogP contribution in [0.5, 0.6) is 17.2 Å². The van der Waals surface area contributed by atoms with E-state index in [4.69, 9.17) is 14.2 Å². The average molecular weight is 421 g/mol. The summed E-state index contributed by atoms with van der Waals surface area (Å²) in [4.78, 5) is 23.2. The van der Waals surface area contributed by atoms with Crippen LogP contribution in [0.3, 0.4) is 0 Å². The number of rotatable bonds is 6. The first-order valence-corrected chi connectivity index (χ1v) is 8.27. The zero-order chi connectivity index (χ0) is 19.1. The lowest BCUT2D eigenvalue weighted by Crippen LogP contribution is -2.17. The van der Waals surface area contributed by atoms with Crippen LogP contribution in [0, 0.1) is 0 Å². The lowest BCUT2D eigenvalue weighted by atomic mass is 10.2. The monoisotopic (exact) mass is 420 g/mol. The van der Waals surface area contributed by atoms with Crippen molar-refractivity contribution in [2.24, 2.45) is 5.10 Å². The fraction of sp³-hybridized carbons (Fsp3) is 0.167. The van der Waals surface area contributed by atoms with Gasteiger partial charge in [0.05, 0.1) is 24.9 Å². The van der Waals surface area contributed by atoms with Crippen molar-refractivity contribution in [2.45, 2.75) is 6.92 Å². The van der Waals surface area contributed by atoms with E-state index in [-0.39, 0.29) is 5.91 Å². The van der Waals surface area contributed by atoms with Crippen molar-refractivity contribution in [3.63, 3.8) is 0 Å². The number of benzene rings is 2. The van der Waals surface area contributed by atoms with E-state index < -0.39 is 5.97 Å². The van der Waals surface area contributed by atoms with Gasteiger partial charge in [0.2, 0.25) is 0 Å². The molecule has 1 amide bonds. The van der Waals surface area contributed by atoms with Gasteiger partial charge < -0.3 is 14.2 Å². The van der Waals surface area contributed by atoms with E-state index in [0.717, 1.165) is 0 Å². The highest BCUT2D eigenvalue weighted by molar-refractivity contribution is 9.10. The van der Waals surface area contributed by atoms with Gasteiger partial charge in [0, 0.05) is 12.5 Å². The summed E-state index contributed by atoms with van der Waals surface area (Å²) in [6.07, 6.45) is 1.45. The number of hydrazone groups is 1. The van der Waals surface area contributed by atoms with E-state index in [0.29, 0.717) is 32.8 Å². The highest BCUT2D eigenvalue weighted by atomic mass is 79.9. The summed E-state index contributed by atoms with van der Waals surface area (Å²) in [7, 11) is 3.01. The van der Waals surface area contributed by atoms with Gasteiger partial charge in [-0.3, -0.25) is 9.59 Å². The summed E-state index contributed by atoms with van der Waals surface area (Å²) in [6, 6.07) is 9.86. The van der Waals surface area contributed by atoms with Gasteiger partial charge in [0.15, 0.2) is 11.5 Å². The molecule has 0 fully saturated rings. The summed E-state index contributed by atoms with van der Waals surface area (Å²) >= 11 is 3.33. The third-order valence-electron chi connectivity index (χ3n) is 3.24. The fourth-order valence-electron chi connectivity index (χ4n) is 2.04. The Morgan fingerprint density at radius 1 is 1.04 bits per heavy atom. The normalized spacial score (nSPS) is 10.5. The Kier molecular flexibility index (Phi) is 6.74. The molecule has 0 saturated carbocycles. The number of nitrogens with one attached hydrogen (secondary N) is 1. The number of methoxy groups -OCH3 is 2. The molecule has 2 aromatic rings. The van der Waals surface area contributed by atoms with Crippen LogP contribution in [0.4, 0.5) is 0 Å². The predicted octanol–water partition coefficient (Wildman–Crippen LogP) is 3.16. The first kappa shape index (κ1) is 19.5. The molecule has 0 spiro atoms. The zero-order valence-corrected chi connectivity index (χ0v) is 16.0. The summed E-state index contributed by atoms with van der Waals surface area (Å²) in [6.45, 7) is 1.31. The van der Waals surface area contributed by atoms with E-state index in [2.05, 4.69) is 26.5 Å². The summed E-state index contributed by atoms with van der Waals surface area (Å²) in [5.41, 5.74) is 3.53. The van der Waals surface area contributed by atoms with Crippen molar-refractivity contribution >= 4 is 34.0 Å². The molecular weight excluding hydrogens is 404 g/mol. The van der Waals surface area contributed by atoms with Crippen LogP contribution < -0.4 is 19.6 Å². The number of esters is 1. The van der Waals surface area contributed by atoms with Crippen molar-refractivity contribution < 1.29 is 23.8 Å². The second-order valence-electron chi connectivity index (χ2n) is 5.05. The molecule has 0 aromatic heterocycles. The van der Waals surface area contributed by atoms with Gasteiger partial charge in [-0.15, -0.1) is 0 Å². The van der Waals surface area contributed by atoms with Gasteiger partial charge in [0.25, 0.3) is 5.91 Å². The zero-order valence-electron chi connectivity index (χ0n) is 14.4. The molecule has 0 radical (unpaired) electrons. The third kappa shape index (κ3) is 5.06. The van der Waals surface area contributed by atoms with Crippen LogP contribution in [-0.2, 0) is 4.79 Å². The quantitative estimate of drug-likeness (QED) is 0.335. The largest absolute Gasteiger partial charge is 0.496 e. The Labute approximate surface area is 159 Å². The highest BCUT2D eigenvalue weighted by Gasteiger charge is 2.09. The van der Waals surface area contributed by atoms with E-state index in [9.17, 15) is 9.59 Å². The molecule has 0 aliphatic carbocycles. The first-order chi connectivity index (χ1) is 12.4. The minimum Gasteiger partial charge on any atom is -0.496 e. The molecule has 0 atom stereocenters. The molecule has 8 heteroatoms. The lowest BCUT2D eigenvalue weighted by molar-refractivity contribution is -0.132. The average Bonchev–Trinajstić information content (AvgIpc) is 2.62. The Balaban J connectivity index is 2.06. The lowest BCUT2D eigenvalue weighted by Gasteiger charge is -2.08. The maximum absolute atomic E-state index is 12.1. The molecule has 0 saturated heterocycles. The molecule has 0 heterocycles. The Morgan fingerprint density at radius 2 is 1.73 bits per heavy atom. The maximum atomic E-state index is 12.1. The Hall–Kier alpha value is -2.87. The van der Waals surface area contributed by atoms with Crippen molar-refractivity contribution in [1.29, 1.82) is 0 Å². The minimum absolute atomic E-state index is 0.310. The molecule has 2 aromatic carbocycles. The molecule has 136 valence electrons. The number of carbonyl (C=O) groups is 2. The Bertz CT molecular complexity index is 851. The van der Waals surface area contributed by atoms with Crippen LogP contribution in [-0.4, -0.2) is 32.3 Å². The fourth-order valence-corrected chi connectivity index (χ4v) is 2.58. The van der Waals surface area contributed by atoms with E-state index in [1.165, 1.54) is 20.2 Å². The van der Waals surface area contributed by atoms with Crippen molar-refractivity contribution in [2.75, 3.05) is 14.2 Å². The standard InChI is InChI=1S/C18H17BrN2O5/c1-11(22)26-16-6-4-12(8-17(16)25-3)10-20-21-18(23)13-5-7-15(24-2)14(19)9-13/h4-10H,1-3H3,(H,21,23)/b20-10+. The highest BCUT2D eigenvalue weighted by Crippen LogP contribution is 2.28. The molecule has 1 N–H and O–H groups in total. The molecule has 0 aliphatic rings. The number of carbonyl (C=O) groups excluding carboxylic acids is 2. The molecule has 0 aliphatic heterocycles. The van der Waals surface area contributed by atoms with E-state index in [1.807, 2.05) is 0 Å². The summed E-state index contributed by atoms with van der Waals surface area (Å²) in [5, 5.41) is 3.92. The van der Waals surface area contributed by atoms with E-state index >= 15 is 0 Å². The summed E-state index contributed by atoms with van der Waals surface area (Å²) < 4.78 is 16.0. The van der Waals surface area contributed by atoms with Crippen molar-refractivity contribution in [3.8, 4) is 17.2 Å². The molecule has 2 rings (SSSR count). The second kappa shape index (κ2) is 9.00. The SMILES string of the molecule is COc1ccc(C(=O)N/N=C/c2ccc(OC(C)=O)c(OC)c2)cc1Br. The molecule has 26 heavy (non-hydrogen) atoms. The van der Waals surface area contributed by atoms with Crippen LogP contribution in [0.25, 0.3) is 0 Å². The topological polar surface area (TPSA) is 86.2 Å². The molecule has 7 nitrogen and oxygen atoms in total. The molecule has 0 bridgehead atoms. The van der Waals surface area contributed by atoms with Gasteiger partial charge in [-0.05, 0) is 57.9 Å². The number of amides is 1. The third-order valence-corrected chi connectivity index (χ3v) is 3.85. The van der Waals surface area contributed by atoms with E-state index in [1.54, 1.807) is 43.5 Å². The minimum atomic E-state index is -0.442. The maximum Gasteiger partial charge on any atom is 0.308 e. The van der Waals surface area contributed by atoms with Gasteiger partial charge >= 0.3 is 5.97 Å². The van der Waals surface area contributed by atoms with Crippen molar-refractivity contribution in [1.82, 2.24) is 5.43 Å². The van der Waals surface area contributed by atoms with Gasteiger partial charge in [0.1, 0.15) is 5.75 Å². The number of hydrogen-bond donors (Lipinski definition) is 1. The van der Waals surface area contributed by atoms with Crippen LogP contribution in [0.1, 0.15) is 22.8 Å². The van der Waals surface area contributed by atoms with Crippen molar-refractivity contribution in [3.05, 3.63) is 52.0 Å². The predicted molar refractivity (Wildman–Crippen MR) is 100 cm³/mol. The van der Waals surface area contributed by atoms with Gasteiger partial charge in [-0.25, -0.2) is 5.43 Å². The molecule has 0 unspecified atom stereocenters. The second-order valence-corrected chi connectivity index (χ2v) is 5.91. The smallest absolute Gasteiger partial charge is 0.308 e. The summed E-state index contributed by atoms with van der Waals surface area (Å²) in [5.74, 6) is 0.514. The van der Waals surface area contributed by atoms with Gasteiger partial charge in [-0.2, -0.15) is 5.10 Å². The number of hydrogen-bond acceptors (Lipinski definition) is 6. The van der Waals surface area contributed by atoms with Crippen LogP contribution >= 0.6 is 15.9 Å².